The van der Waals surface area contributed by atoms with Gasteiger partial charge in [-0.25, -0.2) is 0 Å². The minimum atomic E-state index is -0.270. The number of pyridine rings is 1. The highest BCUT2D eigenvalue weighted by atomic mass is 35.5. The number of amides is 1. The highest BCUT2D eigenvalue weighted by Crippen LogP contribution is 2.43. The van der Waals surface area contributed by atoms with Crippen LogP contribution in [0, 0.1) is 6.92 Å². The van der Waals surface area contributed by atoms with Crippen molar-refractivity contribution in [2.24, 2.45) is 7.05 Å². The van der Waals surface area contributed by atoms with Gasteiger partial charge in [0.2, 0.25) is 5.91 Å². The average molecular weight is 470 g/mol. The summed E-state index contributed by atoms with van der Waals surface area (Å²) in [6.07, 6.45) is 1.78. The molecule has 3 heterocycles. The van der Waals surface area contributed by atoms with E-state index < -0.39 is 0 Å². The molecule has 9 heteroatoms. The number of halogens is 1. The molecule has 0 spiro atoms. The molecule has 1 aromatic carbocycles. The zero-order chi connectivity index (χ0) is 22.8. The van der Waals surface area contributed by atoms with E-state index >= 15 is 0 Å². The van der Waals surface area contributed by atoms with Gasteiger partial charge in [-0.15, -0.1) is 0 Å². The summed E-state index contributed by atoms with van der Waals surface area (Å²) in [4.78, 5) is 18.5. The molecule has 0 radical (unpaired) electrons. The van der Waals surface area contributed by atoms with Gasteiger partial charge in [0.15, 0.2) is 5.11 Å². The largest absolute Gasteiger partial charge is 0.375 e. The third kappa shape index (κ3) is 4.21. The van der Waals surface area contributed by atoms with Crippen LogP contribution in [0.5, 0.6) is 0 Å². The first-order valence-corrected chi connectivity index (χ1v) is 10.9. The Labute approximate surface area is 197 Å². The Bertz CT molecular complexity index is 1150. The summed E-state index contributed by atoms with van der Waals surface area (Å²) < 4.78 is 7.02. The molecule has 1 fully saturated rings. The maximum absolute atomic E-state index is 11.9. The first-order valence-electron chi connectivity index (χ1n) is 10.1. The Morgan fingerprint density at radius 3 is 2.72 bits per heavy atom. The second-order valence-corrected chi connectivity index (χ2v) is 8.39. The van der Waals surface area contributed by atoms with Crippen molar-refractivity contribution in [1.82, 2.24) is 14.9 Å². The maximum atomic E-state index is 11.9. The molecule has 32 heavy (non-hydrogen) atoms. The van der Waals surface area contributed by atoms with Crippen molar-refractivity contribution < 1.29 is 9.53 Å². The zero-order valence-electron chi connectivity index (χ0n) is 18.0. The van der Waals surface area contributed by atoms with Gasteiger partial charge < -0.3 is 24.8 Å². The van der Waals surface area contributed by atoms with Crippen molar-refractivity contribution in [3.8, 4) is 0 Å². The average Bonchev–Trinajstić information content (AvgIpc) is 3.29. The number of aromatic nitrogens is 2. The summed E-state index contributed by atoms with van der Waals surface area (Å²) >= 11 is 12.3. The first-order chi connectivity index (χ1) is 15.4. The van der Waals surface area contributed by atoms with E-state index in [1.807, 2.05) is 37.4 Å². The predicted molar refractivity (Wildman–Crippen MR) is 130 cm³/mol. The van der Waals surface area contributed by atoms with E-state index in [0.717, 1.165) is 22.8 Å². The molecule has 0 aliphatic carbocycles. The summed E-state index contributed by atoms with van der Waals surface area (Å²) in [5.74, 6) is -0.270. The van der Waals surface area contributed by atoms with Crippen LogP contribution >= 0.6 is 23.8 Å². The number of nitrogens with zero attached hydrogens (tertiary/aromatic N) is 3. The SMILES string of the molecule is COCC(=O)Nc1ccc(N2C(=S)N[C@H](c3ccccn3)[C@@H]2c2ccc(C)n2C)cc1Cl. The van der Waals surface area contributed by atoms with Crippen molar-refractivity contribution in [3.05, 3.63) is 76.8 Å². The normalized spacial score (nSPS) is 18.0. The van der Waals surface area contributed by atoms with Crippen molar-refractivity contribution in [2.75, 3.05) is 23.9 Å². The second kappa shape index (κ2) is 9.28. The molecule has 2 N–H and O–H groups in total. The standard InChI is InChI=1S/C23H24ClN5O2S/c1-14-7-10-19(28(14)2)22-21(18-6-4-5-11-25-18)27-23(32)29(22)15-8-9-17(16(24)12-15)26-20(30)13-31-3/h4-12,21-22H,13H2,1-3H3,(H,26,30)(H,27,32)/t21-,22+/m1/s1. The van der Waals surface area contributed by atoms with Crippen molar-refractivity contribution in [3.63, 3.8) is 0 Å². The lowest BCUT2D eigenvalue weighted by molar-refractivity contribution is -0.119. The van der Waals surface area contributed by atoms with Gasteiger partial charge in [0.1, 0.15) is 12.6 Å². The molecule has 1 aliphatic heterocycles. The lowest BCUT2D eigenvalue weighted by Gasteiger charge is -2.29. The Hall–Kier alpha value is -2.94. The fourth-order valence-electron chi connectivity index (χ4n) is 3.94. The highest BCUT2D eigenvalue weighted by molar-refractivity contribution is 7.80. The number of carbonyl (C=O) groups is 1. The van der Waals surface area contributed by atoms with Crippen LogP contribution in [-0.2, 0) is 16.6 Å². The monoisotopic (exact) mass is 469 g/mol. The molecule has 3 aromatic rings. The summed E-state index contributed by atoms with van der Waals surface area (Å²) in [6, 6.07) is 15.3. The zero-order valence-corrected chi connectivity index (χ0v) is 19.6. The number of rotatable bonds is 6. The summed E-state index contributed by atoms with van der Waals surface area (Å²) in [5, 5.41) is 7.19. The molecule has 7 nitrogen and oxygen atoms in total. The lowest BCUT2D eigenvalue weighted by atomic mass is 10.0. The van der Waals surface area contributed by atoms with Crippen molar-refractivity contribution in [1.29, 1.82) is 0 Å². The summed E-state index contributed by atoms with van der Waals surface area (Å²) in [6.45, 7) is 2.03. The van der Waals surface area contributed by atoms with Gasteiger partial charge in [0.25, 0.3) is 0 Å². The number of hydrogen-bond donors (Lipinski definition) is 2. The lowest BCUT2D eigenvalue weighted by Crippen LogP contribution is -2.30. The minimum absolute atomic E-state index is 0.0428. The Kier molecular flexibility index (Phi) is 6.45. The molecule has 1 amide bonds. The number of carbonyl (C=O) groups excluding carboxylic acids is 1. The fourth-order valence-corrected chi connectivity index (χ4v) is 4.50. The van der Waals surface area contributed by atoms with Crippen LogP contribution in [0.4, 0.5) is 11.4 Å². The summed E-state index contributed by atoms with van der Waals surface area (Å²) in [5.41, 5.74) is 4.48. The Morgan fingerprint density at radius 2 is 2.09 bits per heavy atom. The van der Waals surface area contributed by atoms with Gasteiger partial charge in [-0.2, -0.15) is 0 Å². The van der Waals surface area contributed by atoms with Crippen LogP contribution in [0.1, 0.15) is 29.2 Å². The third-order valence-electron chi connectivity index (χ3n) is 5.59. The molecular weight excluding hydrogens is 446 g/mol. The van der Waals surface area contributed by atoms with Gasteiger partial charge in [0.05, 0.1) is 22.4 Å². The smallest absolute Gasteiger partial charge is 0.250 e. The minimum Gasteiger partial charge on any atom is -0.375 e. The van der Waals surface area contributed by atoms with E-state index in [1.54, 1.807) is 12.3 Å². The maximum Gasteiger partial charge on any atom is 0.250 e. The summed E-state index contributed by atoms with van der Waals surface area (Å²) in [7, 11) is 3.51. The molecule has 2 aromatic heterocycles. The molecule has 4 rings (SSSR count). The van der Waals surface area contributed by atoms with Gasteiger partial charge in [-0.1, -0.05) is 17.7 Å². The van der Waals surface area contributed by atoms with E-state index in [1.165, 1.54) is 7.11 Å². The Balaban J connectivity index is 1.74. The topological polar surface area (TPSA) is 71.4 Å². The first kappa shape index (κ1) is 22.3. The van der Waals surface area contributed by atoms with Gasteiger partial charge >= 0.3 is 0 Å². The number of hydrogen-bond acceptors (Lipinski definition) is 4. The van der Waals surface area contributed by atoms with E-state index in [2.05, 4.69) is 44.1 Å². The van der Waals surface area contributed by atoms with Crippen LogP contribution in [0.25, 0.3) is 0 Å². The molecule has 1 aliphatic rings. The number of nitrogens with one attached hydrogen (secondary N) is 2. The van der Waals surface area contributed by atoms with Crippen molar-refractivity contribution in [2.45, 2.75) is 19.0 Å². The fraction of sp³-hybridized carbons (Fsp3) is 0.261. The van der Waals surface area contributed by atoms with Gasteiger partial charge in [0, 0.05) is 37.4 Å². The van der Waals surface area contributed by atoms with E-state index in [-0.39, 0.29) is 24.6 Å². The second-order valence-electron chi connectivity index (χ2n) is 7.60. The van der Waals surface area contributed by atoms with Crippen LogP contribution in [-0.4, -0.2) is 34.3 Å². The number of anilines is 2. The Morgan fingerprint density at radius 1 is 1.28 bits per heavy atom. The molecule has 1 saturated heterocycles. The highest BCUT2D eigenvalue weighted by Gasteiger charge is 2.42. The number of methoxy groups -OCH3 is 1. The number of benzene rings is 1. The number of ether oxygens (including phenoxy) is 1. The predicted octanol–water partition coefficient (Wildman–Crippen LogP) is 4.14. The van der Waals surface area contributed by atoms with E-state index in [4.69, 9.17) is 28.6 Å². The number of aryl methyl sites for hydroxylation is 1. The van der Waals surface area contributed by atoms with Crippen molar-refractivity contribution >= 4 is 46.2 Å². The van der Waals surface area contributed by atoms with Crippen LogP contribution in [0.2, 0.25) is 5.02 Å². The molecule has 0 bridgehead atoms. The van der Waals surface area contributed by atoms with Gasteiger partial charge in [-0.05, 0) is 61.6 Å². The van der Waals surface area contributed by atoms with Crippen LogP contribution in [0.15, 0.2) is 54.7 Å². The number of thiocarbonyl (C=S) groups is 1. The van der Waals surface area contributed by atoms with E-state index in [9.17, 15) is 4.79 Å². The molecular formula is C23H24ClN5O2S. The quantitative estimate of drug-likeness (QED) is 0.528. The molecule has 166 valence electrons. The van der Waals surface area contributed by atoms with Crippen LogP contribution < -0.4 is 15.5 Å². The molecule has 0 saturated carbocycles. The van der Waals surface area contributed by atoms with E-state index in [0.29, 0.717) is 15.8 Å². The third-order valence-corrected chi connectivity index (χ3v) is 6.22. The molecule has 2 atom stereocenters. The van der Waals surface area contributed by atoms with Gasteiger partial charge in [-0.3, -0.25) is 9.78 Å². The van der Waals surface area contributed by atoms with Crippen LogP contribution in [0.3, 0.4) is 0 Å². The molecule has 0 unspecified atom stereocenters.